The van der Waals surface area contributed by atoms with Crippen LogP contribution in [0.5, 0.6) is 0 Å². The zero-order chi connectivity index (χ0) is 11.1. The third-order valence-electron chi connectivity index (χ3n) is 2.66. The lowest BCUT2D eigenvalue weighted by atomic mass is 9.91. The maximum absolute atomic E-state index is 9.63. The van der Waals surface area contributed by atoms with E-state index in [9.17, 15) is 5.11 Å². The standard InChI is InChI=1S/C13H24O/c1-6-13(14)12(5)11(4)9-7-8-10(2)3/h8,12-14H,4,6-7,9H2,1-3,5H3. The SMILES string of the molecule is C=C(CCC=C(C)C)C(C)C(O)CC. The molecule has 0 aliphatic rings. The van der Waals surface area contributed by atoms with Gasteiger partial charge in [0.05, 0.1) is 6.10 Å². The fraction of sp³-hybridized carbons (Fsp3) is 0.692. The molecular weight excluding hydrogens is 172 g/mol. The highest BCUT2D eigenvalue weighted by molar-refractivity contribution is 5.04. The van der Waals surface area contributed by atoms with Crippen molar-refractivity contribution in [2.75, 3.05) is 0 Å². The van der Waals surface area contributed by atoms with Gasteiger partial charge in [0.1, 0.15) is 0 Å². The second-order valence-electron chi connectivity index (χ2n) is 4.24. The van der Waals surface area contributed by atoms with Crippen molar-refractivity contribution < 1.29 is 5.11 Å². The molecule has 0 bridgehead atoms. The lowest BCUT2D eigenvalue weighted by molar-refractivity contribution is 0.127. The Hall–Kier alpha value is -0.560. The highest BCUT2D eigenvalue weighted by Crippen LogP contribution is 2.20. The van der Waals surface area contributed by atoms with E-state index in [1.54, 1.807) is 0 Å². The molecule has 0 radical (unpaired) electrons. The van der Waals surface area contributed by atoms with E-state index in [4.69, 9.17) is 0 Å². The largest absolute Gasteiger partial charge is 0.393 e. The molecule has 82 valence electrons. The summed E-state index contributed by atoms with van der Waals surface area (Å²) < 4.78 is 0. The van der Waals surface area contributed by atoms with Crippen molar-refractivity contribution in [2.45, 2.75) is 53.1 Å². The fourth-order valence-electron chi connectivity index (χ4n) is 1.40. The third kappa shape index (κ3) is 5.23. The van der Waals surface area contributed by atoms with Crippen molar-refractivity contribution in [2.24, 2.45) is 5.92 Å². The average Bonchev–Trinajstić information content (AvgIpc) is 2.14. The van der Waals surface area contributed by atoms with Gasteiger partial charge in [-0.3, -0.25) is 0 Å². The van der Waals surface area contributed by atoms with Gasteiger partial charge in [0, 0.05) is 5.92 Å². The minimum Gasteiger partial charge on any atom is -0.393 e. The zero-order valence-electron chi connectivity index (χ0n) is 10.0. The van der Waals surface area contributed by atoms with E-state index in [0.29, 0.717) is 0 Å². The molecule has 0 aliphatic heterocycles. The number of hydrogen-bond donors (Lipinski definition) is 1. The highest BCUT2D eigenvalue weighted by atomic mass is 16.3. The molecule has 0 aromatic heterocycles. The molecular formula is C13H24O. The van der Waals surface area contributed by atoms with Gasteiger partial charge in [0.15, 0.2) is 0 Å². The number of allylic oxidation sites excluding steroid dienone is 2. The minimum atomic E-state index is -0.228. The van der Waals surface area contributed by atoms with Gasteiger partial charge in [-0.25, -0.2) is 0 Å². The highest BCUT2D eigenvalue weighted by Gasteiger charge is 2.14. The van der Waals surface area contributed by atoms with Crippen LogP contribution < -0.4 is 0 Å². The van der Waals surface area contributed by atoms with E-state index >= 15 is 0 Å². The normalized spacial score (nSPS) is 14.6. The number of hydrogen-bond acceptors (Lipinski definition) is 1. The molecule has 0 saturated heterocycles. The minimum absolute atomic E-state index is 0.227. The quantitative estimate of drug-likeness (QED) is 0.642. The Morgan fingerprint density at radius 2 is 2.00 bits per heavy atom. The molecule has 0 aromatic rings. The Kier molecular flexibility index (Phi) is 6.56. The van der Waals surface area contributed by atoms with Crippen molar-refractivity contribution in [3.63, 3.8) is 0 Å². The Labute approximate surface area is 88.5 Å². The van der Waals surface area contributed by atoms with E-state index in [1.807, 2.05) is 6.92 Å². The molecule has 1 nitrogen and oxygen atoms in total. The first-order chi connectivity index (χ1) is 6.49. The summed E-state index contributed by atoms with van der Waals surface area (Å²) in [6.45, 7) is 12.3. The summed E-state index contributed by atoms with van der Waals surface area (Å²) in [5.41, 5.74) is 2.51. The van der Waals surface area contributed by atoms with Crippen LogP contribution in [0.4, 0.5) is 0 Å². The van der Waals surface area contributed by atoms with E-state index < -0.39 is 0 Å². The van der Waals surface area contributed by atoms with Crippen molar-refractivity contribution in [1.82, 2.24) is 0 Å². The number of rotatable bonds is 6. The fourth-order valence-corrected chi connectivity index (χ4v) is 1.40. The maximum atomic E-state index is 9.63. The first-order valence-electron chi connectivity index (χ1n) is 5.48. The molecule has 0 aliphatic carbocycles. The van der Waals surface area contributed by atoms with Gasteiger partial charge in [-0.05, 0) is 33.1 Å². The summed E-state index contributed by atoms with van der Waals surface area (Å²) in [6, 6.07) is 0. The lowest BCUT2D eigenvalue weighted by Gasteiger charge is -2.19. The summed E-state index contributed by atoms with van der Waals surface area (Å²) in [5, 5.41) is 9.63. The van der Waals surface area contributed by atoms with Crippen LogP contribution >= 0.6 is 0 Å². The van der Waals surface area contributed by atoms with Gasteiger partial charge in [0.25, 0.3) is 0 Å². The van der Waals surface area contributed by atoms with E-state index in [2.05, 4.69) is 33.4 Å². The van der Waals surface area contributed by atoms with Gasteiger partial charge < -0.3 is 5.11 Å². The molecule has 0 heterocycles. The molecule has 0 rings (SSSR count). The Bertz CT molecular complexity index is 199. The smallest absolute Gasteiger partial charge is 0.0600 e. The summed E-state index contributed by atoms with van der Waals surface area (Å²) >= 11 is 0. The Balaban J connectivity index is 3.90. The van der Waals surface area contributed by atoms with E-state index in [-0.39, 0.29) is 12.0 Å². The summed E-state index contributed by atoms with van der Waals surface area (Å²) in [4.78, 5) is 0. The zero-order valence-corrected chi connectivity index (χ0v) is 10.0. The summed E-state index contributed by atoms with van der Waals surface area (Å²) in [5.74, 6) is 0.227. The predicted molar refractivity (Wildman–Crippen MR) is 63.3 cm³/mol. The molecule has 1 heteroatoms. The van der Waals surface area contributed by atoms with Crippen LogP contribution in [0.25, 0.3) is 0 Å². The van der Waals surface area contributed by atoms with Gasteiger partial charge in [-0.15, -0.1) is 0 Å². The molecule has 2 atom stereocenters. The molecule has 14 heavy (non-hydrogen) atoms. The van der Waals surface area contributed by atoms with Crippen molar-refractivity contribution in [3.8, 4) is 0 Å². The van der Waals surface area contributed by atoms with Crippen LogP contribution in [-0.4, -0.2) is 11.2 Å². The van der Waals surface area contributed by atoms with Crippen molar-refractivity contribution in [1.29, 1.82) is 0 Å². The molecule has 0 spiro atoms. The molecule has 1 N–H and O–H groups in total. The lowest BCUT2D eigenvalue weighted by Crippen LogP contribution is -2.17. The first kappa shape index (κ1) is 13.4. The second-order valence-corrected chi connectivity index (χ2v) is 4.24. The molecule has 0 amide bonds. The topological polar surface area (TPSA) is 20.2 Å². The van der Waals surface area contributed by atoms with Crippen LogP contribution in [0.1, 0.15) is 47.0 Å². The second kappa shape index (κ2) is 6.83. The Morgan fingerprint density at radius 3 is 2.43 bits per heavy atom. The maximum Gasteiger partial charge on any atom is 0.0600 e. The van der Waals surface area contributed by atoms with Crippen LogP contribution in [0, 0.1) is 5.92 Å². The van der Waals surface area contributed by atoms with Crippen LogP contribution in [-0.2, 0) is 0 Å². The Morgan fingerprint density at radius 1 is 1.43 bits per heavy atom. The van der Waals surface area contributed by atoms with E-state index in [0.717, 1.165) is 24.8 Å². The van der Waals surface area contributed by atoms with Crippen molar-refractivity contribution in [3.05, 3.63) is 23.8 Å². The van der Waals surface area contributed by atoms with Gasteiger partial charge in [-0.2, -0.15) is 0 Å². The first-order valence-corrected chi connectivity index (χ1v) is 5.48. The van der Waals surface area contributed by atoms with Crippen molar-refractivity contribution >= 4 is 0 Å². The van der Waals surface area contributed by atoms with E-state index in [1.165, 1.54) is 5.57 Å². The number of aliphatic hydroxyl groups is 1. The molecule has 0 fully saturated rings. The van der Waals surface area contributed by atoms with Crippen LogP contribution in [0.15, 0.2) is 23.8 Å². The van der Waals surface area contributed by atoms with Gasteiger partial charge >= 0.3 is 0 Å². The third-order valence-corrected chi connectivity index (χ3v) is 2.66. The molecule has 2 unspecified atom stereocenters. The predicted octanol–water partition coefficient (Wildman–Crippen LogP) is 3.70. The van der Waals surface area contributed by atoms with Crippen LogP contribution in [0.3, 0.4) is 0 Å². The van der Waals surface area contributed by atoms with Crippen LogP contribution in [0.2, 0.25) is 0 Å². The summed E-state index contributed by atoms with van der Waals surface area (Å²) in [7, 11) is 0. The van der Waals surface area contributed by atoms with Gasteiger partial charge in [-0.1, -0.05) is 37.6 Å². The number of aliphatic hydroxyl groups excluding tert-OH is 1. The molecule has 0 saturated carbocycles. The summed E-state index contributed by atoms with van der Waals surface area (Å²) in [6.07, 6.45) is 4.83. The van der Waals surface area contributed by atoms with Gasteiger partial charge in [0.2, 0.25) is 0 Å². The monoisotopic (exact) mass is 196 g/mol. The molecule has 0 aromatic carbocycles. The average molecular weight is 196 g/mol.